The van der Waals surface area contributed by atoms with Gasteiger partial charge in [0.25, 0.3) is 0 Å². The smallest absolute Gasteiger partial charge is 0.153 e. The topological polar surface area (TPSA) is 42.7 Å². The number of aryl methyl sites for hydroxylation is 1. The van der Waals surface area contributed by atoms with Crippen LogP contribution >= 0.6 is 0 Å². The molecule has 0 spiro atoms. The number of aromatic nitrogens is 3. The van der Waals surface area contributed by atoms with E-state index in [4.69, 9.17) is 0 Å². The zero-order valence-corrected chi connectivity index (χ0v) is 11.5. The Hall–Kier alpha value is -1.68. The Morgan fingerprint density at radius 2 is 2.06 bits per heavy atom. The second-order valence-corrected chi connectivity index (χ2v) is 4.47. The van der Waals surface area contributed by atoms with Crippen LogP contribution in [0.2, 0.25) is 0 Å². The molecule has 0 amide bonds. The second kappa shape index (κ2) is 5.31. The van der Waals surface area contributed by atoms with Gasteiger partial charge in [-0.15, -0.1) is 0 Å². The van der Waals surface area contributed by atoms with Gasteiger partial charge in [-0.2, -0.15) is 5.10 Å². The van der Waals surface area contributed by atoms with Gasteiger partial charge in [-0.25, -0.2) is 9.67 Å². The number of pyridine rings is 1. The summed E-state index contributed by atoms with van der Waals surface area (Å²) in [5.74, 6) is 0.884. The van der Waals surface area contributed by atoms with Gasteiger partial charge in [-0.3, -0.25) is 0 Å². The summed E-state index contributed by atoms with van der Waals surface area (Å²) in [6, 6.07) is 4.10. The zero-order valence-electron chi connectivity index (χ0n) is 11.5. The van der Waals surface area contributed by atoms with Crippen molar-refractivity contribution in [3.8, 4) is 5.82 Å². The third-order valence-corrected chi connectivity index (χ3v) is 3.20. The van der Waals surface area contributed by atoms with Gasteiger partial charge < -0.3 is 5.32 Å². The highest BCUT2D eigenvalue weighted by Crippen LogP contribution is 2.17. The van der Waals surface area contributed by atoms with Crippen LogP contribution in [0, 0.1) is 13.8 Å². The highest BCUT2D eigenvalue weighted by molar-refractivity contribution is 5.33. The normalized spacial score (nSPS) is 10.9. The molecule has 1 N–H and O–H groups in total. The molecule has 0 saturated carbocycles. The van der Waals surface area contributed by atoms with Crippen molar-refractivity contribution < 1.29 is 0 Å². The van der Waals surface area contributed by atoms with Crippen LogP contribution in [0.15, 0.2) is 18.3 Å². The maximum atomic E-state index is 4.57. The van der Waals surface area contributed by atoms with Crippen LogP contribution in [0.5, 0.6) is 0 Å². The SMILES string of the molecule is CCc1c(C)nn(-c2ccc(CNC)cn2)c1C. The summed E-state index contributed by atoms with van der Waals surface area (Å²) in [5, 5.41) is 7.68. The zero-order chi connectivity index (χ0) is 13.1. The first kappa shape index (κ1) is 12.8. The van der Waals surface area contributed by atoms with Crippen molar-refractivity contribution in [2.24, 2.45) is 0 Å². The number of nitrogens with one attached hydrogen (secondary N) is 1. The molecule has 0 unspecified atom stereocenters. The molecule has 0 atom stereocenters. The van der Waals surface area contributed by atoms with E-state index in [-0.39, 0.29) is 0 Å². The molecule has 4 heteroatoms. The van der Waals surface area contributed by atoms with Crippen molar-refractivity contribution >= 4 is 0 Å². The van der Waals surface area contributed by atoms with Gasteiger partial charge in [0, 0.05) is 18.4 Å². The Balaban J connectivity index is 2.36. The minimum absolute atomic E-state index is 0.838. The average Bonchev–Trinajstić information content (AvgIpc) is 2.66. The van der Waals surface area contributed by atoms with E-state index in [0.717, 1.165) is 24.5 Å². The lowest BCUT2D eigenvalue weighted by molar-refractivity contribution is 0.787. The van der Waals surface area contributed by atoms with Crippen molar-refractivity contribution in [2.75, 3.05) is 7.05 Å². The average molecular weight is 244 g/mol. The third kappa shape index (κ3) is 2.29. The fraction of sp³-hybridized carbons (Fsp3) is 0.429. The molecule has 2 aromatic heterocycles. The van der Waals surface area contributed by atoms with Gasteiger partial charge in [-0.1, -0.05) is 13.0 Å². The van der Waals surface area contributed by atoms with Gasteiger partial charge >= 0.3 is 0 Å². The molecule has 0 fully saturated rings. The fourth-order valence-electron chi connectivity index (χ4n) is 2.26. The van der Waals surface area contributed by atoms with Crippen LogP contribution < -0.4 is 5.32 Å². The third-order valence-electron chi connectivity index (χ3n) is 3.20. The van der Waals surface area contributed by atoms with Crippen molar-refractivity contribution in [3.63, 3.8) is 0 Å². The predicted molar refractivity (Wildman–Crippen MR) is 73.0 cm³/mol. The van der Waals surface area contributed by atoms with Gasteiger partial charge in [-0.05, 0) is 44.5 Å². The van der Waals surface area contributed by atoms with E-state index in [9.17, 15) is 0 Å². The molecule has 0 radical (unpaired) electrons. The van der Waals surface area contributed by atoms with Gasteiger partial charge in [0.2, 0.25) is 0 Å². The quantitative estimate of drug-likeness (QED) is 0.896. The van der Waals surface area contributed by atoms with E-state index in [0.29, 0.717) is 0 Å². The maximum absolute atomic E-state index is 4.57. The van der Waals surface area contributed by atoms with Crippen LogP contribution in [0.3, 0.4) is 0 Å². The minimum Gasteiger partial charge on any atom is -0.316 e. The Morgan fingerprint density at radius 3 is 2.56 bits per heavy atom. The summed E-state index contributed by atoms with van der Waals surface area (Å²) in [6.45, 7) is 7.15. The molecule has 0 saturated heterocycles. The van der Waals surface area contributed by atoms with Crippen LogP contribution in [-0.4, -0.2) is 21.8 Å². The Kier molecular flexibility index (Phi) is 3.77. The van der Waals surface area contributed by atoms with Crippen LogP contribution in [0.25, 0.3) is 5.82 Å². The van der Waals surface area contributed by atoms with E-state index >= 15 is 0 Å². The van der Waals surface area contributed by atoms with Crippen LogP contribution in [-0.2, 0) is 13.0 Å². The van der Waals surface area contributed by atoms with E-state index < -0.39 is 0 Å². The lowest BCUT2D eigenvalue weighted by Gasteiger charge is -2.05. The molecule has 2 aromatic rings. The van der Waals surface area contributed by atoms with Crippen LogP contribution in [0.1, 0.15) is 29.4 Å². The highest BCUT2D eigenvalue weighted by Gasteiger charge is 2.11. The first-order valence-electron chi connectivity index (χ1n) is 6.32. The lowest BCUT2D eigenvalue weighted by atomic mass is 10.1. The Labute approximate surface area is 108 Å². The molecule has 2 heterocycles. The number of hydrogen-bond donors (Lipinski definition) is 1. The van der Waals surface area contributed by atoms with Crippen molar-refractivity contribution in [1.82, 2.24) is 20.1 Å². The summed E-state index contributed by atoms with van der Waals surface area (Å²) < 4.78 is 1.93. The minimum atomic E-state index is 0.838. The molecule has 18 heavy (non-hydrogen) atoms. The summed E-state index contributed by atoms with van der Waals surface area (Å²) >= 11 is 0. The monoisotopic (exact) mass is 244 g/mol. The first-order chi connectivity index (χ1) is 8.67. The van der Waals surface area contributed by atoms with Gasteiger partial charge in [0.1, 0.15) is 0 Å². The van der Waals surface area contributed by atoms with E-state index in [2.05, 4.69) is 42.2 Å². The molecular weight excluding hydrogens is 224 g/mol. The van der Waals surface area contributed by atoms with Crippen molar-refractivity contribution in [3.05, 3.63) is 40.8 Å². The number of nitrogens with zero attached hydrogens (tertiary/aromatic N) is 3. The molecule has 96 valence electrons. The highest BCUT2D eigenvalue weighted by atomic mass is 15.3. The molecule has 0 aromatic carbocycles. The maximum Gasteiger partial charge on any atom is 0.153 e. The largest absolute Gasteiger partial charge is 0.316 e. The summed E-state index contributed by atoms with van der Waals surface area (Å²) in [7, 11) is 1.93. The van der Waals surface area contributed by atoms with E-state index in [1.165, 1.54) is 16.8 Å². The number of hydrogen-bond acceptors (Lipinski definition) is 3. The first-order valence-corrected chi connectivity index (χ1v) is 6.32. The van der Waals surface area contributed by atoms with Crippen LogP contribution in [0.4, 0.5) is 0 Å². The molecule has 0 aliphatic rings. The van der Waals surface area contributed by atoms with E-state index in [1.54, 1.807) is 0 Å². The molecule has 0 bridgehead atoms. The Morgan fingerprint density at radius 1 is 1.28 bits per heavy atom. The van der Waals surface area contributed by atoms with Gasteiger partial charge in [0.15, 0.2) is 5.82 Å². The fourth-order valence-corrected chi connectivity index (χ4v) is 2.26. The predicted octanol–water partition coefficient (Wildman–Crippen LogP) is 2.17. The lowest BCUT2D eigenvalue weighted by Crippen LogP contribution is -2.07. The summed E-state index contributed by atoms with van der Waals surface area (Å²) in [4.78, 5) is 4.48. The number of rotatable bonds is 4. The molecule has 4 nitrogen and oxygen atoms in total. The summed E-state index contributed by atoms with van der Waals surface area (Å²) in [6.07, 6.45) is 2.91. The van der Waals surface area contributed by atoms with Crippen molar-refractivity contribution in [2.45, 2.75) is 33.7 Å². The Bertz CT molecular complexity index is 525. The molecule has 0 aliphatic heterocycles. The van der Waals surface area contributed by atoms with Gasteiger partial charge in [0.05, 0.1) is 5.69 Å². The second-order valence-electron chi connectivity index (χ2n) is 4.47. The molecular formula is C14H20N4. The summed E-state index contributed by atoms with van der Waals surface area (Å²) in [5.41, 5.74) is 4.77. The standard InChI is InChI=1S/C14H20N4/c1-5-13-10(2)17-18(11(13)3)14-7-6-12(8-15-4)9-16-14/h6-7,9,15H,5,8H2,1-4H3. The molecule has 2 rings (SSSR count). The van der Waals surface area contributed by atoms with Crippen molar-refractivity contribution in [1.29, 1.82) is 0 Å². The van der Waals surface area contributed by atoms with E-state index in [1.807, 2.05) is 24.0 Å². The molecule has 0 aliphatic carbocycles.